The molecule has 0 aromatic heterocycles. The third kappa shape index (κ3) is 8.35. The molecule has 0 bridgehead atoms. The Morgan fingerprint density at radius 2 is 1.76 bits per heavy atom. The van der Waals surface area contributed by atoms with Gasteiger partial charge in [0.2, 0.25) is 21.8 Å². The second kappa shape index (κ2) is 13.5. The van der Waals surface area contributed by atoms with Crippen molar-refractivity contribution in [1.82, 2.24) is 10.2 Å². The fourth-order valence-corrected chi connectivity index (χ4v) is 6.15. The Kier molecular flexibility index (Phi) is 10.7. The second-order valence-corrected chi connectivity index (χ2v) is 12.2. The Morgan fingerprint density at radius 1 is 1.08 bits per heavy atom. The number of carbonyl (C=O) groups excluding carboxylic acids is 2. The average molecular weight is 569 g/mol. The van der Waals surface area contributed by atoms with Gasteiger partial charge in [-0.05, 0) is 55.5 Å². The zero-order valence-electron chi connectivity index (χ0n) is 21.3. The van der Waals surface area contributed by atoms with E-state index in [1.807, 2.05) is 13.0 Å². The minimum Gasteiger partial charge on any atom is -0.352 e. The molecule has 0 unspecified atom stereocenters. The summed E-state index contributed by atoms with van der Waals surface area (Å²) >= 11 is 12.5. The Balaban J connectivity index is 1.77. The maximum absolute atomic E-state index is 13.5. The number of carbonyl (C=O) groups is 2. The summed E-state index contributed by atoms with van der Waals surface area (Å²) in [6.45, 7) is 2.18. The number of anilines is 1. The van der Waals surface area contributed by atoms with Crippen molar-refractivity contribution in [2.75, 3.05) is 17.1 Å². The molecule has 7 nitrogen and oxygen atoms in total. The maximum Gasteiger partial charge on any atom is 0.243 e. The van der Waals surface area contributed by atoms with Crippen molar-refractivity contribution in [3.63, 3.8) is 0 Å². The molecule has 0 radical (unpaired) electrons. The van der Waals surface area contributed by atoms with Gasteiger partial charge in [0.05, 0.1) is 11.9 Å². The van der Waals surface area contributed by atoms with Crippen LogP contribution in [0.5, 0.6) is 0 Å². The van der Waals surface area contributed by atoms with E-state index in [9.17, 15) is 18.0 Å². The van der Waals surface area contributed by atoms with E-state index in [2.05, 4.69) is 5.32 Å². The Labute approximate surface area is 230 Å². The van der Waals surface area contributed by atoms with Crippen LogP contribution in [-0.2, 0) is 26.2 Å². The molecule has 1 saturated carbocycles. The van der Waals surface area contributed by atoms with Crippen molar-refractivity contribution in [2.24, 2.45) is 0 Å². The van der Waals surface area contributed by atoms with Crippen LogP contribution in [0.4, 0.5) is 5.69 Å². The zero-order chi connectivity index (χ0) is 27.0. The van der Waals surface area contributed by atoms with E-state index in [0.717, 1.165) is 31.9 Å². The summed E-state index contributed by atoms with van der Waals surface area (Å²) in [5.74, 6) is -0.407. The Hall–Kier alpha value is -2.29. The van der Waals surface area contributed by atoms with Crippen LogP contribution >= 0.6 is 23.2 Å². The average Bonchev–Trinajstić information content (AvgIpc) is 3.35. The predicted molar refractivity (Wildman–Crippen MR) is 149 cm³/mol. The number of benzene rings is 2. The maximum atomic E-state index is 13.5. The predicted octanol–water partition coefficient (Wildman–Crippen LogP) is 5.41. The molecule has 10 heteroatoms. The van der Waals surface area contributed by atoms with E-state index in [1.54, 1.807) is 47.4 Å². The lowest BCUT2D eigenvalue weighted by atomic mass is 10.1. The summed E-state index contributed by atoms with van der Waals surface area (Å²) in [5, 5.41) is 4.02. The summed E-state index contributed by atoms with van der Waals surface area (Å²) in [7, 11) is -3.53. The van der Waals surface area contributed by atoms with Gasteiger partial charge in [-0.3, -0.25) is 13.9 Å². The first-order chi connectivity index (χ1) is 17.6. The minimum atomic E-state index is -3.53. The SMILES string of the molecule is CC[C@H](C(=O)NC1CCCC1)N(Cc1ccc(Cl)cc1Cl)C(=O)CCCN(c1ccccc1)S(C)(=O)=O. The molecule has 2 amide bonds. The number of sulfonamides is 1. The Morgan fingerprint density at radius 3 is 2.35 bits per heavy atom. The number of amides is 2. The Bertz CT molecular complexity index is 1170. The van der Waals surface area contributed by atoms with Gasteiger partial charge < -0.3 is 10.2 Å². The number of nitrogens with zero attached hydrogens (tertiary/aromatic N) is 2. The monoisotopic (exact) mass is 567 g/mol. The van der Waals surface area contributed by atoms with Crippen LogP contribution in [0.3, 0.4) is 0 Å². The molecule has 0 saturated heterocycles. The van der Waals surface area contributed by atoms with Crippen molar-refractivity contribution in [1.29, 1.82) is 0 Å². The first-order valence-corrected chi connectivity index (χ1v) is 15.3. The quantitative estimate of drug-likeness (QED) is 0.371. The van der Waals surface area contributed by atoms with Crippen LogP contribution < -0.4 is 9.62 Å². The van der Waals surface area contributed by atoms with E-state index in [4.69, 9.17) is 23.2 Å². The molecule has 0 spiro atoms. The van der Waals surface area contributed by atoms with E-state index >= 15 is 0 Å². The number of hydrogen-bond acceptors (Lipinski definition) is 4. The van der Waals surface area contributed by atoms with E-state index in [-0.39, 0.29) is 37.4 Å². The van der Waals surface area contributed by atoms with Gasteiger partial charge in [0, 0.05) is 35.6 Å². The van der Waals surface area contributed by atoms with Crippen LogP contribution in [0.15, 0.2) is 48.5 Å². The lowest BCUT2D eigenvalue weighted by Crippen LogP contribution is -2.51. The van der Waals surface area contributed by atoms with Crippen LogP contribution in [0.1, 0.15) is 57.4 Å². The summed E-state index contributed by atoms with van der Waals surface area (Å²) in [4.78, 5) is 28.4. The smallest absolute Gasteiger partial charge is 0.243 e. The van der Waals surface area contributed by atoms with E-state index in [0.29, 0.717) is 34.1 Å². The fourth-order valence-electron chi connectivity index (χ4n) is 4.72. The minimum absolute atomic E-state index is 0.0806. The van der Waals surface area contributed by atoms with Crippen molar-refractivity contribution < 1.29 is 18.0 Å². The molecule has 37 heavy (non-hydrogen) atoms. The van der Waals surface area contributed by atoms with Crippen LogP contribution in [-0.4, -0.2) is 50.0 Å². The van der Waals surface area contributed by atoms with Gasteiger partial charge in [0.15, 0.2) is 0 Å². The van der Waals surface area contributed by atoms with Crippen molar-refractivity contribution in [3.05, 3.63) is 64.1 Å². The molecular weight excluding hydrogens is 533 g/mol. The largest absolute Gasteiger partial charge is 0.352 e. The molecule has 1 atom stereocenters. The number of nitrogens with one attached hydrogen (secondary N) is 1. The molecular formula is C27H35Cl2N3O4S. The second-order valence-electron chi connectivity index (χ2n) is 9.45. The molecule has 1 N–H and O–H groups in total. The molecule has 1 aliphatic carbocycles. The molecule has 202 valence electrons. The number of para-hydroxylation sites is 1. The number of hydrogen-bond donors (Lipinski definition) is 1. The highest BCUT2D eigenvalue weighted by Gasteiger charge is 2.31. The topological polar surface area (TPSA) is 86.8 Å². The molecule has 0 heterocycles. The first kappa shape index (κ1) is 29.3. The van der Waals surface area contributed by atoms with Crippen molar-refractivity contribution in [2.45, 2.75) is 70.5 Å². The lowest BCUT2D eigenvalue weighted by Gasteiger charge is -2.32. The van der Waals surface area contributed by atoms with Gasteiger partial charge in [-0.1, -0.05) is 67.2 Å². The first-order valence-electron chi connectivity index (χ1n) is 12.7. The van der Waals surface area contributed by atoms with Crippen molar-refractivity contribution >= 4 is 50.7 Å². The van der Waals surface area contributed by atoms with Gasteiger partial charge >= 0.3 is 0 Å². The van der Waals surface area contributed by atoms with Gasteiger partial charge in [-0.2, -0.15) is 0 Å². The molecule has 2 aromatic rings. The van der Waals surface area contributed by atoms with Gasteiger partial charge in [-0.25, -0.2) is 8.42 Å². The van der Waals surface area contributed by atoms with Gasteiger partial charge in [-0.15, -0.1) is 0 Å². The summed E-state index contributed by atoms with van der Waals surface area (Å²) < 4.78 is 26.1. The standard InChI is InChI=1S/C27H35Cl2N3O4S/c1-3-25(27(34)30-22-10-7-8-11-22)31(19-20-15-16-21(28)18-24(20)29)26(33)14-9-17-32(37(2,35)36)23-12-5-4-6-13-23/h4-6,12-13,15-16,18,22,25H,3,7-11,14,17,19H2,1-2H3,(H,30,34)/t25-/m1/s1. The number of halogens is 2. The molecule has 2 aromatic carbocycles. The summed E-state index contributed by atoms with van der Waals surface area (Å²) in [6, 6.07) is 13.3. The van der Waals surface area contributed by atoms with E-state index < -0.39 is 16.1 Å². The molecule has 1 fully saturated rings. The highest BCUT2D eigenvalue weighted by Crippen LogP contribution is 2.25. The fraction of sp³-hybridized carbons (Fsp3) is 0.481. The molecule has 1 aliphatic rings. The van der Waals surface area contributed by atoms with E-state index in [1.165, 1.54) is 4.31 Å². The molecule has 3 rings (SSSR count). The third-order valence-corrected chi connectivity index (χ3v) is 8.42. The number of rotatable bonds is 12. The normalized spacial score (nSPS) is 14.8. The van der Waals surface area contributed by atoms with Crippen LogP contribution in [0, 0.1) is 0 Å². The van der Waals surface area contributed by atoms with Crippen LogP contribution in [0.2, 0.25) is 10.0 Å². The highest BCUT2D eigenvalue weighted by molar-refractivity contribution is 7.92. The molecule has 0 aliphatic heterocycles. The highest BCUT2D eigenvalue weighted by atomic mass is 35.5. The van der Waals surface area contributed by atoms with Crippen LogP contribution in [0.25, 0.3) is 0 Å². The van der Waals surface area contributed by atoms with Crippen molar-refractivity contribution in [3.8, 4) is 0 Å². The lowest BCUT2D eigenvalue weighted by molar-refractivity contribution is -0.141. The van der Waals surface area contributed by atoms with Gasteiger partial charge in [0.25, 0.3) is 0 Å². The summed E-state index contributed by atoms with van der Waals surface area (Å²) in [5.41, 5.74) is 1.23. The summed E-state index contributed by atoms with van der Waals surface area (Å²) in [6.07, 6.45) is 6.03. The van der Waals surface area contributed by atoms with Gasteiger partial charge in [0.1, 0.15) is 6.04 Å². The zero-order valence-corrected chi connectivity index (χ0v) is 23.7. The third-order valence-electron chi connectivity index (χ3n) is 6.64.